The first-order valence-electron chi connectivity index (χ1n) is 9.34. The molecule has 0 unspecified atom stereocenters. The average molecular weight is 439 g/mol. The van der Waals surface area contributed by atoms with Gasteiger partial charge in [-0.05, 0) is 18.9 Å². The van der Waals surface area contributed by atoms with Gasteiger partial charge in [-0.3, -0.25) is 29.0 Å². The van der Waals surface area contributed by atoms with Crippen LogP contribution in [0.4, 0.5) is 11.4 Å². The number of halogens is 1. The lowest BCUT2D eigenvalue weighted by molar-refractivity contribution is -0.384. The minimum Gasteiger partial charge on any atom is -0.494 e. The predicted molar refractivity (Wildman–Crippen MR) is 114 cm³/mol. The number of aromatic hydroxyl groups is 1. The number of nitro benzene ring substituents is 1. The number of non-ortho nitro benzene ring substituents is 1. The number of alkyl halides is 1. The maximum atomic E-state index is 12.8. The normalized spacial score (nSPS) is 11.2. The maximum absolute atomic E-state index is 12.8. The second kappa shape index (κ2) is 10.6. The molecule has 10 nitrogen and oxygen atoms in total. The molecule has 0 atom stereocenters. The molecule has 2 aromatic rings. The number of benzene rings is 1. The Morgan fingerprint density at radius 2 is 1.97 bits per heavy atom. The highest BCUT2D eigenvalue weighted by Gasteiger charge is 2.18. The van der Waals surface area contributed by atoms with Crippen molar-refractivity contribution in [3.8, 4) is 11.6 Å². The van der Waals surface area contributed by atoms with Gasteiger partial charge in [0.15, 0.2) is 5.75 Å². The van der Waals surface area contributed by atoms with Crippen molar-refractivity contribution < 1.29 is 14.8 Å². The summed E-state index contributed by atoms with van der Waals surface area (Å²) in [5.74, 6) is -0.0992. The van der Waals surface area contributed by atoms with Crippen LogP contribution >= 0.6 is 11.6 Å². The lowest BCUT2D eigenvalue weighted by Gasteiger charge is -2.13. The summed E-state index contributed by atoms with van der Waals surface area (Å²) in [6.07, 6.45) is 2.94. The lowest BCUT2D eigenvalue weighted by atomic mass is 10.2. The summed E-state index contributed by atoms with van der Waals surface area (Å²) in [6.45, 7) is 2.28. The van der Waals surface area contributed by atoms with Crippen molar-refractivity contribution in [2.45, 2.75) is 39.3 Å². The Bertz CT molecular complexity index is 1060. The van der Waals surface area contributed by atoms with Crippen LogP contribution in [-0.2, 0) is 13.1 Å². The summed E-state index contributed by atoms with van der Waals surface area (Å²) in [7, 11) is 1.33. The van der Waals surface area contributed by atoms with Crippen LogP contribution in [0.2, 0.25) is 0 Å². The average Bonchev–Trinajstić information content (AvgIpc) is 2.73. The predicted octanol–water partition coefficient (Wildman–Crippen LogP) is 2.81. The number of hydrogen-bond donors (Lipinski definition) is 1. The van der Waals surface area contributed by atoms with Crippen LogP contribution in [0.3, 0.4) is 0 Å². The van der Waals surface area contributed by atoms with Crippen LogP contribution in [0.1, 0.15) is 31.7 Å². The standard InChI is InChI=1S/C19H23ClN4O6/c1-3-4-9-22-17(25)14(18(26)23(19(22)27)10-5-8-20)12-21-15-7-6-13(24(28)29)11-16(15)30-2/h6-7,11-12,26H,3-5,8-10H2,1-2H3. The molecule has 0 aliphatic carbocycles. The van der Waals surface area contributed by atoms with Crippen LogP contribution in [0.15, 0.2) is 32.8 Å². The van der Waals surface area contributed by atoms with Gasteiger partial charge >= 0.3 is 5.69 Å². The summed E-state index contributed by atoms with van der Waals surface area (Å²) < 4.78 is 7.28. The van der Waals surface area contributed by atoms with Gasteiger partial charge in [0.2, 0.25) is 5.88 Å². The second-order valence-corrected chi connectivity index (χ2v) is 6.77. The number of aromatic nitrogens is 2. The zero-order valence-electron chi connectivity index (χ0n) is 16.7. The second-order valence-electron chi connectivity index (χ2n) is 6.40. The quantitative estimate of drug-likeness (QED) is 0.263. The van der Waals surface area contributed by atoms with Gasteiger partial charge in [-0.15, -0.1) is 11.6 Å². The summed E-state index contributed by atoms with van der Waals surface area (Å²) in [5, 5.41) is 21.5. The van der Waals surface area contributed by atoms with Crippen LogP contribution < -0.4 is 16.0 Å². The first kappa shape index (κ1) is 23.1. The minimum absolute atomic E-state index is 0.127. The Morgan fingerprint density at radius 3 is 2.57 bits per heavy atom. The molecular weight excluding hydrogens is 416 g/mol. The van der Waals surface area contributed by atoms with Crippen molar-refractivity contribution in [3.63, 3.8) is 0 Å². The van der Waals surface area contributed by atoms with E-state index in [1.807, 2.05) is 6.92 Å². The molecule has 11 heteroatoms. The van der Waals surface area contributed by atoms with Gasteiger partial charge in [-0.1, -0.05) is 13.3 Å². The number of ether oxygens (including phenoxy) is 1. The summed E-state index contributed by atoms with van der Waals surface area (Å²) >= 11 is 5.71. The van der Waals surface area contributed by atoms with E-state index in [9.17, 15) is 24.8 Å². The molecule has 0 saturated carbocycles. The smallest absolute Gasteiger partial charge is 0.333 e. The number of methoxy groups -OCH3 is 1. The Morgan fingerprint density at radius 1 is 1.27 bits per heavy atom. The minimum atomic E-state index is -0.669. The van der Waals surface area contributed by atoms with Crippen LogP contribution in [0.25, 0.3) is 0 Å². The highest BCUT2D eigenvalue weighted by Crippen LogP contribution is 2.31. The number of nitrogens with zero attached hydrogens (tertiary/aromatic N) is 4. The van der Waals surface area contributed by atoms with Crippen molar-refractivity contribution in [1.82, 2.24) is 9.13 Å². The van der Waals surface area contributed by atoms with Crippen molar-refractivity contribution >= 4 is 29.2 Å². The van der Waals surface area contributed by atoms with E-state index in [0.29, 0.717) is 12.8 Å². The molecule has 0 aliphatic heterocycles. The van der Waals surface area contributed by atoms with Gasteiger partial charge < -0.3 is 9.84 Å². The molecule has 1 N–H and O–H groups in total. The summed E-state index contributed by atoms with van der Waals surface area (Å²) in [5.41, 5.74) is -1.40. The molecule has 162 valence electrons. The van der Waals surface area contributed by atoms with E-state index in [2.05, 4.69) is 4.99 Å². The van der Waals surface area contributed by atoms with E-state index in [-0.39, 0.29) is 41.7 Å². The van der Waals surface area contributed by atoms with E-state index in [1.54, 1.807) is 0 Å². The van der Waals surface area contributed by atoms with Crippen molar-refractivity contribution in [3.05, 3.63) is 54.7 Å². The highest BCUT2D eigenvalue weighted by molar-refractivity contribution is 6.17. The number of hydrogen-bond acceptors (Lipinski definition) is 7. The molecule has 0 fully saturated rings. The molecule has 0 saturated heterocycles. The Kier molecular flexibility index (Phi) is 8.16. The van der Waals surface area contributed by atoms with E-state index in [1.165, 1.54) is 25.3 Å². The number of nitro groups is 1. The highest BCUT2D eigenvalue weighted by atomic mass is 35.5. The molecule has 1 heterocycles. The third-order valence-corrected chi connectivity index (χ3v) is 4.66. The van der Waals surface area contributed by atoms with Crippen LogP contribution in [-0.4, -0.2) is 38.4 Å². The molecule has 1 aromatic heterocycles. The lowest BCUT2D eigenvalue weighted by Crippen LogP contribution is -2.41. The van der Waals surface area contributed by atoms with Gasteiger partial charge in [0, 0.05) is 31.3 Å². The molecular formula is C19H23ClN4O6. The van der Waals surface area contributed by atoms with E-state index >= 15 is 0 Å². The molecule has 0 spiro atoms. The summed E-state index contributed by atoms with van der Waals surface area (Å²) in [4.78, 5) is 40.0. The SMILES string of the molecule is CCCCn1c(=O)c(C=Nc2ccc([N+](=O)[O-])cc2OC)c(O)n(CCCCl)c1=O. The third-order valence-electron chi connectivity index (χ3n) is 4.39. The van der Waals surface area contributed by atoms with Crippen molar-refractivity contribution in [2.75, 3.05) is 13.0 Å². The van der Waals surface area contributed by atoms with Crippen molar-refractivity contribution in [2.24, 2.45) is 4.99 Å². The van der Waals surface area contributed by atoms with E-state index in [4.69, 9.17) is 16.3 Å². The van der Waals surface area contributed by atoms with Crippen LogP contribution in [0, 0.1) is 10.1 Å². The zero-order chi connectivity index (χ0) is 22.3. The van der Waals surface area contributed by atoms with E-state index in [0.717, 1.165) is 21.8 Å². The zero-order valence-corrected chi connectivity index (χ0v) is 17.5. The molecule has 0 radical (unpaired) electrons. The molecule has 30 heavy (non-hydrogen) atoms. The molecule has 0 amide bonds. The largest absolute Gasteiger partial charge is 0.494 e. The fourth-order valence-electron chi connectivity index (χ4n) is 2.78. The first-order valence-corrected chi connectivity index (χ1v) is 9.88. The Labute approximate surface area is 177 Å². The van der Waals surface area contributed by atoms with Crippen LogP contribution in [0.5, 0.6) is 11.6 Å². The monoisotopic (exact) mass is 438 g/mol. The molecule has 2 rings (SSSR count). The maximum Gasteiger partial charge on any atom is 0.333 e. The van der Waals surface area contributed by atoms with E-state index < -0.39 is 22.1 Å². The van der Waals surface area contributed by atoms with Gasteiger partial charge in [0.05, 0.1) is 18.1 Å². The summed E-state index contributed by atoms with van der Waals surface area (Å²) in [6, 6.07) is 3.81. The molecule has 0 bridgehead atoms. The third kappa shape index (κ3) is 5.07. The fraction of sp³-hybridized carbons (Fsp3) is 0.421. The molecule has 1 aromatic carbocycles. The fourth-order valence-corrected chi connectivity index (χ4v) is 2.90. The number of unbranched alkanes of at least 4 members (excludes halogenated alkanes) is 1. The number of aliphatic imine (C=N–C) groups is 1. The topological polar surface area (TPSA) is 129 Å². The van der Waals surface area contributed by atoms with Crippen molar-refractivity contribution in [1.29, 1.82) is 0 Å². The first-order chi connectivity index (χ1) is 14.3. The Hall–Kier alpha value is -3.14. The van der Waals surface area contributed by atoms with Gasteiger partial charge in [0.25, 0.3) is 11.2 Å². The van der Waals surface area contributed by atoms with Gasteiger partial charge in [-0.2, -0.15) is 0 Å². The molecule has 0 aliphatic rings. The van der Waals surface area contributed by atoms with Gasteiger partial charge in [-0.25, -0.2) is 4.79 Å². The Balaban J connectivity index is 2.59. The number of rotatable bonds is 10. The van der Waals surface area contributed by atoms with Gasteiger partial charge in [0.1, 0.15) is 11.3 Å².